The summed E-state index contributed by atoms with van der Waals surface area (Å²) in [5, 5.41) is 0. The molecule has 0 aliphatic rings. The van der Waals surface area contributed by atoms with Gasteiger partial charge in [-0.05, 0) is 17.7 Å². The molecule has 0 heterocycles. The number of hydrogen-bond donors (Lipinski definition) is 0. The van der Waals surface area contributed by atoms with E-state index in [1.807, 2.05) is 0 Å². The van der Waals surface area contributed by atoms with E-state index < -0.39 is 34.9 Å². The first-order valence-electron chi connectivity index (χ1n) is 7.47. The molecule has 0 bridgehead atoms. The molecule has 0 N–H and O–H groups in total. The molecule has 0 unspecified atom stereocenters. The van der Waals surface area contributed by atoms with E-state index in [2.05, 4.69) is 4.74 Å². The molecule has 0 atom stereocenters. The van der Waals surface area contributed by atoms with Crippen molar-refractivity contribution in [2.45, 2.75) is 13.0 Å². The van der Waals surface area contributed by atoms with Gasteiger partial charge in [0.05, 0.1) is 19.1 Å². The molecule has 7 heteroatoms. The summed E-state index contributed by atoms with van der Waals surface area (Å²) in [4.78, 5) is 25.1. The van der Waals surface area contributed by atoms with Crippen LogP contribution in [0.4, 0.5) is 13.2 Å². The number of carbonyl (C=O) groups is 2. The first-order chi connectivity index (χ1) is 11.9. The molecule has 0 aliphatic heterocycles. The van der Waals surface area contributed by atoms with Crippen LogP contribution in [0.2, 0.25) is 0 Å². The van der Waals surface area contributed by atoms with Gasteiger partial charge >= 0.3 is 5.97 Å². The first-order valence-corrected chi connectivity index (χ1v) is 7.47. The minimum Gasteiger partial charge on any atom is -0.469 e. The van der Waals surface area contributed by atoms with Gasteiger partial charge in [-0.25, -0.2) is 13.2 Å². The van der Waals surface area contributed by atoms with Crippen LogP contribution in [0.25, 0.3) is 0 Å². The smallest absolute Gasteiger partial charge is 0.307 e. The van der Waals surface area contributed by atoms with E-state index >= 15 is 0 Å². The van der Waals surface area contributed by atoms with Crippen molar-refractivity contribution in [3.8, 4) is 0 Å². The number of rotatable bonds is 6. The molecule has 0 spiro atoms. The van der Waals surface area contributed by atoms with Crippen molar-refractivity contribution < 1.29 is 27.5 Å². The Morgan fingerprint density at radius 2 is 1.68 bits per heavy atom. The number of halogens is 3. The summed E-state index contributed by atoms with van der Waals surface area (Å²) in [6, 6.07) is 10.4. The largest absolute Gasteiger partial charge is 0.469 e. The van der Waals surface area contributed by atoms with Gasteiger partial charge in [-0.3, -0.25) is 9.59 Å². The lowest BCUT2D eigenvalue weighted by Crippen LogP contribution is -2.33. The summed E-state index contributed by atoms with van der Waals surface area (Å²) in [6.45, 7) is 0.0218. The number of esters is 1. The maximum atomic E-state index is 13.9. The molecule has 4 nitrogen and oxygen atoms in total. The first kappa shape index (κ1) is 18.5. The second kappa shape index (κ2) is 8.32. The summed E-state index contributed by atoms with van der Waals surface area (Å²) in [5.41, 5.74) is 0.142. The Bertz CT molecular complexity index is 766. The maximum Gasteiger partial charge on any atom is 0.307 e. The molecule has 2 aromatic carbocycles. The van der Waals surface area contributed by atoms with Gasteiger partial charge in [0.15, 0.2) is 17.5 Å². The predicted octanol–water partition coefficient (Wildman–Crippen LogP) is 3.31. The molecule has 0 aliphatic carbocycles. The Hall–Kier alpha value is -2.83. The van der Waals surface area contributed by atoms with E-state index in [4.69, 9.17) is 0 Å². The standard InChI is InChI=1S/C18H16F3NO3/c1-25-15(23)9-10-22(11-12-5-3-2-4-6-12)18(24)13-7-8-14(19)17(21)16(13)20/h2-8H,9-11H2,1H3. The molecular formula is C18H16F3NO3. The van der Waals surface area contributed by atoms with Gasteiger partial charge in [0, 0.05) is 13.1 Å². The average Bonchev–Trinajstić information content (AvgIpc) is 2.63. The van der Waals surface area contributed by atoms with Gasteiger partial charge in [-0.2, -0.15) is 0 Å². The van der Waals surface area contributed by atoms with Crippen molar-refractivity contribution in [1.29, 1.82) is 0 Å². The minimum absolute atomic E-state index is 0.0567. The Morgan fingerprint density at radius 1 is 1.00 bits per heavy atom. The Kier molecular flexibility index (Phi) is 6.16. The highest BCUT2D eigenvalue weighted by Gasteiger charge is 2.24. The lowest BCUT2D eigenvalue weighted by atomic mass is 10.1. The second-order valence-corrected chi connectivity index (χ2v) is 5.26. The highest BCUT2D eigenvalue weighted by Crippen LogP contribution is 2.18. The highest BCUT2D eigenvalue weighted by molar-refractivity contribution is 5.94. The van der Waals surface area contributed by atoms with Gasteiger partial charge in [0.25, 0.3) is 5.91 Å². The van der Waals surface area contributed by atoms with E-state index in [1.54, 1.807) is 30.3 Å². The van der Waals surface area contributed by atoms with Gasteiger partial charge in [-0.1, -0.05) is 30.3 Å². The highest BCUT2D eigenvalue weighted by atomic mass is 19.2. The van der Waals surface area contributed by atoms with E-state index in [-0.39, 0.29) is 19.5 Å². The molecule has 2 aromatic rings. The van der Waals surface area contributed by atoms with Crippen molar-refractivity contribution in [3.05, 3.63) is 71.0 Å². The summed E-state index contributed by atoms with van der Waals surface area (Å²) in [7, 11) is 1.21. The lowest BCUT2D eigenvalue weighted by molar-refractivity contribution is -0.140. The Morgan fingerprint density at radius 3 is 2.32 bits per heavy atom. The van der Waals surface area contributed by atoms with Gasteiger partial charge < -0.3 is 9.64 Å². The van der Waals surface area contributed by atoms with Crippen LogP contribution in [0.15, 0.2) is 42.5 Å². The number of hydrogen-bond acceptors (Lipinski definition) is 3. The number of ether oxygens (including phenoxy) is 1. The third kappa shape index (κ3) is 4.59. The van der Waals surface area contributed by atoms with Crippen LogP contribution in [-0.2, 0) is 16.1 Å². The molecular weight excluding hydrogens is 335 g/mol. The number of amides is 1. The normalized spacial score (nSPS) is 10.4. The molecule has 0 saturated carbocycles. The zero-order valence-electron chi connectivity index (χ0n) is 13.5. The van der Waals surface area contributed by atoms with Crippen LogP contribution in [-0.4, -0.2) is 30.4 Å². The lowest BCUT2D eigenvalue weighted by Gasteiger charge is -2.23. The minimum atomic E-state index is -1.71. The van der Waals surface area contributed by atoms with Gasteiger partial charge in [0.2, 0.25) is 0 Å². The fraction of sp³-hybridized carbons (Fsp3) is 0.222. The average molecular weight is 351 g/mol. The molecule has 1 amide bonds. The number of nitrogens with zero attached hydrogens (tertiary/aromatic N) is 1. The summed E-state index contributed by atoms with van der Waals surface area (Å²) >= 11 is 0. The molecule has 132 valence electrons. The summed E-state index contributed by atoms with van der Waals surface area (Å²) in [6.07, 6.45) is -0.111. The zero-order chi connectivity index (χ0) is 18.4. The maximum absolute atomic E-state index is 13.9. The molecule has 0 saturated heterocycles. The third-order valence-electron chi connectivity index (χ3n) is 3.58. The Labute approximate surface area is 142 Å². The van der Waals surface area contributed by atoms with Crippen LogP contribution < -0.4 is 0 Å². The SMILES string of the molecule is COC(=O)CCN(Cc1ccccc1)C(=O)c1ccc(F)c(F)c1F. The number of carbonyl (C=O) groups excluding carboxylic acids is 2. The zero-order valence-corrected chi connectivity index (χ0v) is 13.5. The number of benzene rings is 2. The van der Waals surface area contributed by atoms with Gasteiger partial charge in [-0.15, -0.1) is 0 Å². The van der Waals surface area contributed by atoms with Crippen LogP contribution in [0, 0.1) is 17.5 Å². The topological polar surface area (TPSA) is 46.6 Å². The van der Waals surface area contributed by atoms with Crippen molar-refractivity contribution in [3.63, 3.8) is 0 Å². The van der Waals surface area contributed by atoms with E-state index in [0.29, 0.717) is 6.07 Å². The van der Waals surface area contributed by atoms with Crippen LogP contribution in [0.1, 0.15) is 22.3 Å². The van der Waals surface area contributed by atoms with Crippen LogP contribution >= 0.6 is 0 Å². The molecule has 0 aromatic heterocycles. The van der Waals surface area contributed by atoms with Gasteiger partial charge in [0.1, 0.15) is 0 Å². The van der Waals surface area contributed by atoms with Crippen molar-refractivity contribution in [1.82, 2.24) is 4.90 Å². The van der Waals surface area contributed by atoms with Crippen molar-refractivity contribution in [2.24, 2.45) is 0 Å². The van der Waals surface area contributed by atoms with Crippen molar-refractivity contribution >= 4 is 11.9 Å². The van der Waals surface area contributed by atoms with Crippen molar-refractivity contribution in [2.75, 3.05) is 13.7 Å². The van der Waals surface area contributed by atoms with Crippen LogP contribution in [0.3, 0.4) is 0 Å². The molecule has 2 rings (SSSR count). The molecule has 0 fully saturated rings. The third-order valence-corrected chi connectivity index (χ3v) is 3.58. The quantitative estimate of drug-likeness (QED) is 0.593. The number of methoxy groups -OCH3 is 1. The predicted molar refractivity (Wildman–Crippen MR) is 84.1 cm³/mol. The summed E-state index contributed by atoms with van der Waals surface area (Å²) < 4.78 is 44.9. The van der Waals surface area contributed by atoms with E-state index in [0.717, 1.165) is 11.6 Å². The molecule has 25 heavy (non-hydrogen) atoms. The van der Waals surface area contributed by atoms with E-state index in [1.165, 1.54) is 12.0 Å². The summed E-state index contributed by atoms with van der Waals surface area (Å²) in [5.74, 6) is -6.03. The fourth-order valence-corrected chi connectivity index (χ4v) is 2.25. The van der Waals surface area contributed by atoms with Crippen LogP contribution in [0.5, 0.6) is 0 Å². The second-order valence-electron chi connectivity index (χ2n) is 5.26. The van der Waals surface area contributed by atoms with E-state index in [9.17, 15) is 22.8 Å². The molecule has 0 radical (unpaired) electrons. The fourth-order valence-electron chi connectivity index (χ4n) is 2.25. The Balaban J connectivity index is 2.28. The monoisotopic (exact) mass is 351 g/mol.